The zero-order valence-corrected chi connectivity index (χ0v) is 5.61. The molecule has 4 N–H and O–H groups in total. The van der Waals surface area contributed by atoms with Crippen molar-refractivity contribution in [3.63, 3.8) is 0 Å². The van der Waals surface area contributed by atoms with Crippen LogP contribution in [0.4, 0.5) is 0 Å². The second kappa shape index (κ2) is 5.53. The summed E-state index contributed by atoms with van der Waals surface area (Å²) in [4.78, 5) is 10.5. The van der Waals surface area contributed by atoms with Crippen LogP contribution in [0.25, 0.3) is 0 Å². The summed E-state index contributed by atoms with van der Waals surface area (Å²) in [7, 11) is 0. The molecule has 4 heteroatoms. The fraction of sp³-hybridized carbons (Fsp3) is 0.800. The first kappa shape index (κ1) is 8.39. The minimum absolute atomic E-state index is 0.0562. The molecular weight excluding hydrogens is 118 g/mol. The number of nitrogens with one attached hydrogen (secondary N) is 2. The van der Waals surface area contributed by atoms with E-state index in [0.717, 1.165) is 6.54 Å². The van der Waals surface area contributed by atoms with Gasteiger partial charge in [-0.25, -0.2) is 0 Å². The Morgan fingerprint density at radius 3 is 2.78 bits per heavy atom. The third kappa shape index (κ3) is 5.26. The lowest BCUT2D eigenvalue weighted by atomic mass is 10.5. The van der Waals surface area contributed by atoms with E-state index in [1.165, 1.54) is 0 Å². The molecule has 9 heavy (non-hydrogen) atoms. The van der Waals surface area contributed by atoms with Crippen molar-refractivity contribution < 1.29 is 4.79 Å². The Morgan fingerprint density at radius 1 is 1.67 bits per heavy atom. The fourth-order valence-electron chi connectivity index (χ4n) is 0.415. The smallest absolute Gasteiger partial charge is 0.234 e. The van der Waals surface area contributed by atoms with Gasteiger partial charge in [0, 0.05) is 0 Å². The van der Waals surface area contributed by atoms with Crippen molar-refractivity contribution in [2.45, 2.75) is 6.92 Å². The summed E-state index contributed by atoms with van der Waals surface area (Å²) in [5, 5.41) is 5.32. The molecular formula is C5H13N3O. The summed E-state index contributed by atoms with van der Waals surface area (Å²) in [6, 6.07) is 0. The molecule has 0 saturated heterocycles. The standard InChI is InChI=1S/C5H13N3O/c1-2-7-3-5(9)8-4-6/h7H,2-4,6H2,1H3,(H,8,9). The molecule has 0 aromatic rings. The lowest BCUT2D eigenvalue weighted by molar-refractivity contribution is -0.120. The van der Waals surface area contributed by atoms with Gasteiger partial charge >= 0.3 is 0 Å². The maximum atomic E-state index is 10.5. The van der Waals surface area contributed by atoms with E-state index in [-0.39, 0.29) is 12.6 Å². The van der Waals surface area contributed by atoms with Gasteiger partial charge in [0.05, 0.1) is 13.2 Å². The average molecular weight is 131 g/mol. The van der Waals surface area contributed by atoms with E-state index >= 15 is 0 Å². The summed E-state index contributed by atoms with van der Waals surface area (Å²) in [5.74, 6) is -0.0562. The molecule has 0 aliphatic carbocycles. The van der Waals surface area contributed by atoms with Gasteiger partial charge in [0.2, 0.25) is 5.91 Å². The molecule has 0 aliphatic rings. The number of nitrogens with two attached hydrogens (primary N) is 1. The first-order valence-electron chi connectivity index (χ1n) is 2.98. The van der Waals surface area contributed by atoms with E-state index < -0.39 is 0 Å². The molecule has 54 valence electrons. The van der Waals surface area contributed by atoms with Crippen molar-refractivity contribution in [1.29, 1.82) is 0 Å². The van der Waals surface area contributed by atoms with Crippen LogP contribution in [0.5, 0.6) is 0 Å². The van der Waals surface area contributed by atoms with Crippen molar-refractivity contribution in [3.8, 4) is 0 Å². The minimum atomic E-state index is -0.0562. The van der Waals surface area contributed by atoms with Gasteiger partial charge < -0.3 is 16.4 Å². The molecule has 0 aliphatic heterocycles. The monoisotopic (exact) mass is 131 g/mol. The number of hydrogen-bond donors (Lipinski definition) is 3. The average Bonchev–Trinajstić information content (AvgIpc) is 1.85. The summed E-state index contributed by atoms with van der Waals surface area (Å²) in [6.07, 6.45) is 0. The highest BCUT2D eigenvalue weighted by Gasteiger charge is 1.93. The Balaban J connectivity index is 3.06. The van der Waals surface area contributed by atoms with E-state index in [1.807, 2.05) is 6.92 Å². The van der Waals surface area contributed by atoms with Gasteiger partial charge in [-0.05, 0) is 6.54 Å². The van der Waals surface area contributed by atoms with Crippen molar-refractivity contribution in [2.75, 3.05) is 19.8 Å². The summed E-state index contributed by atoms with van der Waals surface area (Å²) in [5.41, 5.74) is 5.04. The molecule has 0 bridgehead atoms. The van der Waals surface area contributed by atoms with Gasteiger partial charge in [0.15, 0.2) is 0 Å². The van der Waals surface area contributed by atoms with Gasteiger partial charge in [-0.1, -0.05) is 6.92 Å². The number of carbonyl (C=O) groups is 1. The van der Waals surface area contributed by atoms with Gasteiger partial charge in [-0.15, -0.1) is 0 Å². The lowest BCUT2D eigenvalue weighted by Crippen LogP contribution is -2.36. The van der Waals surface area contributed by atoms with E-state index in [1.54, 1.807) is 0 Å². The maximum Gasteiger partial charge on any atom is 0.234 e. The SMILES string of the molecule is CCNCC(=O)NCN. The molecule has 0 rings (SSSR count). The largest absolute Gasteiger partial charge is 0.343 e. The van der Waals surface area contributed by atoms with E-state index in [9.17, 15) is 4.79 Å². The number of hydrogen-bond acceptors (Lipinski definition) is 3. The molecule has 0 saturated carbocycles. The summed E-state index contributed by atoms with van der Waals surface area (Å²) >= 11 is 0. The Hall–Kier alpha value is -0.610. The second-order valence-electron chi connectivity index (χ2n) is 1.58. The minimum Gasteiger partial charge on any atom is -0.343 e. The molecule has 0 aromatic carbocycles. The van der Waals surface area contributed by atoms with Crippen LogP contribution in [0.2, 0.25) is 0 Å². The zero-order valence-electron chi connectivity index (χ0n) is 5.61. The molecule has 0 unspecified atom stereocenters. The zero-order chi connectivity index (χ0) is 7.11. The predicted molar refractivity (Wildman–Crippen MR) is 35.7 cm³/mol. The molecule has 0 atom stereocenters. The van der Waals surface area contributed by atoms with Crippen LogP contribution >= 0.6 is 0 Å². The predicted octanol–water partition coefficient (Wildman–Crippen LogP) is -1.37. The van der Waals surface area contributed by atoms with E-state index in [2.05, 4.69) is 10.6 Å². The Kier molecular flexibility index (Phi) is 5.15. The van der Waals surface area contributed by atoms with Crippen molar-refractivity contribution in [2.24, 2.45) is 5.73 Å². The van der Waals surface area contributed by atoms with Crippen LogP contribution in [-0.4, -0.2) is 25.7 Å². The van der Waals surface area contributed by atoms with E-state index in [0.29, 0.717) is 6.54 Å². The number of amides is 1. The van der Waals surface area contributed by atoms with Crippen LogP contribution in [0.1, 0.15) is 6.92 Å². The molecule has 4 nitrogen and oxygen atoms in total. The number of carbonyl (C=O) groups excluding carboxylic acids is 1. The highest BCUT2D eigenvalue weighted by Crippen LogP contribution is 1.59. The first-order valence-corrected chi connectivity index (χ1v) is 2.98. The molecule has 0 radical (unpaired) electrons. The van der Waals surface area contributed by atoms with Gasteiger partial charge in [-0.3, -0.25) is 4.79 Å². The van der Waals surface area contributed by atoms with Gasteiger partial charge in [0.1, 0.15) is 0 Å². The normalized spacial score (nSPS) is 9.11. The van der Waals surface area contributed by atoms with Crippen LogP contribution in [0.15, 0.2) is 0 Å². The van der Waals surface area contributed by atoms with Crippen LogP contribution in [0, 0.1) is 0 Å². The van der Waals surface area contributed by atoms with Gasteiger partial charge in [-0.2, -0.15) is 0 Å². The summed E-state index contributed by atoms with van der Waals surface area (Å²) in [6.45, 7) is 3.31. The van der Waals surface area contributed by atoms with Crippen LogP contribution < -0.4 is 16.4 Å². The highest BCUT2D eigenvalue weighted by molar-refractivity contribution is 5.77. The number of rotatable bonds is 4. The van der Waals surface area contributed by atoms with Crippen molar-refractivity contribution >= 4 is 5.91 Å². The van der Waals surface area contributed by atoms with Crippen molar-refractivity contribution in [1.82, 2.24) is 10.6 Å². The molecule has 0 fully saturated rings. The fourth-order valence-corrected chi connectivity index (χ4v) is 0.415. The second-order valence-corrected chi connectivity index (χ2v) is 1.58. The van der Waals surface area contributed by atoms with Crippen molar-refractivity contribution in [3.05, 3.63) is 0 Å². The summed E-state index contributed by atoms with van der Waals surface area (Å²) < 4.78 is 0. The lowest BCUT2D eigenvalue weighted by Gasteiger charge is -2.00. The topological polar surface area (TPSA) is 67.2 Å². The van der Waals surface area contributed by atoms with Gasteiger partial charge in [0.25, 0.3) is 0 Å². The number of likely N-dealkylation sites (N-methyl/N-ethyl adjacent to an activating group) is 1. The molecule has 0 heterocycles. The Morgan fingerprint density at radius 2 is 2.33 bits per heavy atom. The maximum absolute atomic E-state index is 10.5. The quantitative estimate of drug-likeness (QED) is 0.412. The highest BCUT2D eigenvalue weighted by atomic mass is 16.1. The molecule has 0 aromatic heterocycles. The van der Waals surface area contributed by atoms with E-state index in [4.69, 9.17) is 5.73 Å². The third-order valence-electron chi connectivity index (χ3n) is 0.835. The Labute approximate surface area is 54.8 Å². The third-order valence-corrected chi connectivity index (χ3v) is 0.835. The molecule has 0 spiro atoms. The first-order chi connectivity index (χ1) is 4.31. The van der Waals surface area contributed by atoms with Crippen LogP contribution in [-0.2, 0) is 4.79 Å². The molecule has 1 amide bonds. The van der Waals surface area contributed by atoms with Crippen LogP contribution in [0.3, 0.4) is 0 Å². The Bertz CT molecular complexity index is 84.3.